The lowest BCUT2D eigenvalue weighted by atomic mass is 9.95. The van der Waals surface area contributed by atoms with Gasteiger partial charge in [-0.2, -0.15) is 0 Å². The molecule has 12 nitrogen and oxygen atoms in total. The predicted octanol–water partition coefficient (Wildman–Crippen LogP) is 11.1. The zero-order valence-corrected chi connectivity index (χ0v) is 38.8. The van der Waals surface area contributed by atoms with Crippen LogP contribution in [-0.2, 0) is 39.0 Å². The lowest BCUT2D eigenvalue weighted by Gasteiger charge is -2.08. The average molecular weight is 957 g/mol. The summed E-state index contributed by atoms with van der Waals surface area (Å²) in [4.78, 5) is 60.2. The maximum Gasteiger partial charge on any atom is 0.273 e. The number of imide groups is 2. The molecule has 0 aliphatic carbocycles. The van der Waals surface area contributed by atoms with Crippen molar-refractivity contribution in [2.75, 3.05) is 14.1 Å². The molecule has 9 aromatic rings. The first-order chi connectivity index (χ1) is 33.5. The van der Waals surface area contributed by atoms with Gasteiger partial charge in [0.05, 0.1) is 11.1 Å². The van der Waals surface area contributed by atoms with Gasteiger partial charge in [0.2, 0.25) is 0 Å². The number of aromatic amines is 3. The highest BCUT2D eigenvalue weighted by Gasteiger charge is 2.39. The van der Waals surface area contributed by atoms with Gasteiger partial charge in [-0.3, -0.25) is 29.0 Å². The first-order valence-corrected chi connectivity index (χ1v) is 22.5. The van der Waals surface area contributed by atoms with E-state index in [1.807, 2.05) is 134 Å². The van der Waals surface area contributed by atoms with E-state index in [0.717, 1.165) is 49.1 Å². The number of hydrogen-bond donors (Lipinski definition) is 3. The number of likely N-dealkylation sites (N-methyl/N-ethyl adjacent to an activating group) is 2. The largest absolute Gasteiger partial charge is 0.489 e. The predicted molar refractivity (Wildman–Crippen MR) is 268 cm³/mol. The van der Waals surface area contributed by atoms with Crippen LogP contribution in [0.3, 0.4) is 0 Å². The molecular weight excluding hydrogens is 914 g/mol. The minimum Gasteiger partial charge on any atom is -0.489 e. The summed E-state index contributed by atoms with van der Waals surface area (Å²) >= 11 is 10.7. The second-order valence-corrected chi connectivity index (χ2v) is 16.8. The fourth-order valence-electron chi connectivity index (χ4n) is 7.86. The highest BCUT2D eigenvalue weighted by Crippen LogP contribution is 2.41. The lowest BCUT2D eigenvalue weighted by Crippen LogP contribution is -2.26. The maximum atomic E-state index is 13.5. The number of halogens is 2. The number of aromatic nitrogens is 3. The number of benzene rings is 6. The molecule has 0 fully saturated rings. The molecule has 5 heterocycles. The Morgan fingerprint density at radius 3 is 1.20 bits per heavy atom. The third-order valence-electron chi connectivity index (χ3n) is 11.6. The molecule has 6 aromatic carbocycles. The lowest BCUT2D eigenvalue weighted by molar-refractivity contribution is -0.136. The molecule has 2 aliphatic rings. The van der Waals surface area contributed by atoms with Crippen molar-refractivity contribution < 1.29 is 33.4 Å². The zero-order chi connectivity index (χ0) is 48.0. The molecule has 3 aromatic heterocycles. The van der Waals surface area contributed by atoms with Gasteiger partial charge in [0, 0.05) is 89.3 Å². The molecular formula is C55H43Cl2N5O7. The first-order valence-electron chi connectivity index (χ1n) is 21.8. The van der Waals surface area contributed by atoms with E-state index in [-0.39, 0.29) is 21.9 Å². The number of rotatable bonds is 11. The second-order valence-electron chi connectivity index (χ2n) is 16.1. The van der Waals surface area contributed by atoms with Crippen LogP contribution in [0.1, 0.15) is 27.8 Å². The quantitative estimate of drug-likeness (QED) is 0.109. The number of H-pyrrole nitrogens is 3. The van der Waals surface area contributed by atoms with Crippen molar-refractivity contribution >= 4 is 90.7 Å². The van der Waals surface area contributed by atoms with Crippen molar-refractivity contribution in [3.8, 4) is 17.2 Å². The third-order valence-corrected chi connectivity index (χ3v) is 12.4. The number of ether oxygens (including phenoxy) is 3. The van der Waals surface area contributed by atoms with E-state index in [0.29, 0.717) is 53.6 Å². The van der Waals surface area contributed by atoms with Crippen LogP contribution in [0.4, 0.5) is 0 Å². The van der Waals surface area contributed by atoms with Crippen LogP contribution < -0.4 is 14.2 Å². The number of fused-ring (bicyclic) bond motifs is 3. The Morgan fingerprint density at radius 1 is 0.435 bits per heavy atom. The minimum atomic E-state index is -0.545. The van der Waals surface area contributed by atoms with E-state index in [9.17, 15) is 19.2 Å². The molecule has 3 N–H and O–H groups in total. The molecule has 0 spiro atoms. The van der Waals surface area contributed by atoms with Crippen molar-refractivity contribution in [2.24, 2.45) is 0 Å². The smallest absolute Gasteiger partial charge is 0.273 e. The molecule has 2 aliphatic heterocycles. The minimum absolute atomic E-state index is 0.200. The molecule has 0 bridgehead atoms. The normalized spacial score (nSPS) is 13.6. The Bertz CT molecular complexity index is 3270. The molecule has 69 heavy (non-hydrogen) atoms. The number of carbonyl (C=O) groups excluding carboxylic acids is 4. The van der Waals surface area contributed by atoms with E-state index < -0.39 is 11.8 Å². The van der Waals surface area contributed by atoms with Gasteiger partial charge in [0.1, 0.15) is 47.1 Å². The first kappa shape index (κ1) is 45.8. The SMILES string of the molecule is CN1C(=O)C(Cl)=C(Cl)C1=O.CN1C(=O)C(c2c[nH]c3cc(OCc4ccccc4)ccc23)=C(c2c[nH]c3cc(OCc4ccccc4)ccc23)C1=O.c1ccc(COc2ccc3cc[nH]c3c2)cc1. The zero-order valence-electron chi connectivity index (χ0n) is 37.3. The molecule has 11 rings (SSSR count). The summed E-state index contributed by atoms with van der Waals surface area (Å²) < 4.78 is 17.7. The van der Waals surface area contributed by atoms with Gasteiger partial charge in [-0.15, -0.1) is 0 Å². The van der Waals surface area contributed by atoms with Gasteiger partial charge in [0.25, 0.3) is 23.6 Å². The van der Waals surface area contributed by atoms with Crippen molar-refractivity contribution in [1.29, 1.82) is 0 Å². The van der Waals surface area contributed by atoms with E-state index in [2.05, 4.69) is 39.2 Å². The Kier molecular flexibility index (Phi) is 13.5. The van der Waals surface area contributed by atoms with E-state index in [1.54, 1.807) is 12.4 Å². The number of hydrogen-bond acceptors (Lipinski definition) is 7. The van der Waals surface area contributed by atoms with Gasteiger partial charge in [-0.25, -0.2) is 0 Å². The average Bonchev–Trinajstić information content (AvgIpc) is 4.21. The molecule has 0 atom stereocenters. The third kappa shape index (κ3) is 9.89. The van der Waals surface area contributed by atoms with Crippen LogP contribution in [-0.4, -0.2) is 62.5 Å². The maximum absolute atomic E-state index is 13.5. The second kappa shape index (κ2) is 20.3. The van der Waals surface area contributed by atoms with Gasteiger partial charge in [-0.05, 0) is 64.5 Å². The van der Waals surface area contributed by atoms with Crippen LogP contribution in [0.15, 0.2) is 180 Å². The number of carbonyl (C=O) groups is 4. The van der Waals surface area contributed by atoms with Gasteiger partial charge in [0.15, 0.2) is 0 Å². The Labute approximate surface area is 406 Å². The van der Waals surface area contributed by atoms with Crippen molar-refractivity contribution in [3.63, 3.8) is 0 Å². The van der Waals surface area contributed by atoms with Gasteiger partial charge < -0.3 is 29.2 Å². The van der Waals surface area contributed by atoms with Crippen molar-refractivity contribution in [3.05, 3.63) is 208 Å². The van der Waals surface area contributed by atoms with Crippen LogP contribution in [0.25, 0.3) is 43.9 Å². The topological polar surface area (TPSA) is 150 Å². The van der Waals surface area contributed by atoms with E-state index >= 15 is 0 Å². The summed E-state index contributed by atoms with van der Waals surface area (Å²) in [6, 6.07) is 49.7. The van der Waals surface area contributed by atoms with Crippen molar-refractivity contribution in [1.82, 2.24) is 24.8 Å². The number of amides is 4. The molecule has 4 amide bonds. The Hall–Kier alpha value is -8.32. The van der Waals surface area contributed by atoms with Crippen molar-refractivity contribution in [2.45, 2.75) is 19.8 Å². The van der Waals surface area contributed by atoms with E-state index in [4.69, 9.17) is 37.4 Å². The summed E-state index contributed by atoms with van der Waals surface area (Å²) in [6.07, 6.45) is 5.51. The highest BCUT2D eigenvalue weighted by atomic mass is 35.5. The Morgan fingerprint density at radius 2 is 0.812 bits per heavy atom. The van der Waals surface area contributed by atoms with Crippen LogP contribution in [0.5, 0.6) is 17.2 Å². The summed E-state index contributed by atoms with van der Waals surface area (Å²) in [5, 5.41) is 2.48. The molecule has 344 valence electrons. The van der Waals surface area contributed by atoms with Crippen LogP contribution >= 0.6 is 23.2 Å². The Balaban J connectivity index is 0.000000178. The van der Waals surface area contributed by atoms with E-state index in [1.165, 1.54) is 29.9 Å². The van der Waals surface area contributed by atoms with Crippen LogP contribution in [0, 0.1) is 0 Å². The molecule has 0 unspecified atom stereocenters. The summed E-state index contributed by atoms with van der Waals surface area (Å²) in [6.45, 7) is 1.51. The fourth-order valence-corrected chi connectivity index (χ4v) is 8.27. The molecule has 14 heteroatoms. The summed E-state index contributed by atoms with van der Waals surface area (Å²) in [5.74, 6) is 0.552. The molecule has 0 saturated heterocycles. The number of nitrogens with zero attached hydrogens (tertiary/aromatic N) is 2. The summed E-state index contributed by atoms with van der Waals surface area (Å²) in [5.41, 5.74) is 8.16. The molecule has 0 saturated carbocycles. The standard InChI is InChI=1S/C35H27N3O4.C15H13NO.C5H3Cl2NO2/c1-38-34(39)32(28-18-36-30-16-24(12-14-26(28)30)41-20-22-8-4-2-5-9-22)33(35(38)40)29-19-37-31-17-25(13-15-27(29)31)42-21-23-10-6-3-7-11-23;1-2-4-12(5-3-1)11-17-14-7-6-13-8-9-16-15(13)10-14;1-8-4(9)2(6)3(7)5(8)10/h2-19,36-37H,20-21H2,1H3;1-10,16H,11H2;1H3. The monoisotopic (exact) mass is 955 g/mol. The molecule has 0 radical (unpaired) electrons. The number of nitrogens with one attached hydrogen (secondary N) is 3. The summed E-state index contributed by atoms with van der Waals surface area (Å²) in [7, 11) is 2.84. The fraction of sp³-hybridized carbons (Fsp3) is 0.0909. The van der Waals surface area contributed by atoms with Gasteiger partial charge >= 0.3 is 0 Å². The van der Waals surface area contributed by atoms with Gasteiger partial charge in [-0.1, -0.05) is 114 Å². The van der Waals surface area contributed by atoms with Crippen LogP contribution in [0.2, 0.25) is 0 Å². The highest BCUT2D eigenvalue weighted by molar-refractivity contribution is 6.58.